The second kappa shape index (κ2) is 3.22. The molecular weight excluding hydrogens is 150 g/mol. The van der Waals surface area contributed by atoms with Gasteiger partial charge in [0.15, 0.2) is 0 Å². The minimum absolute atomic E-state index is 0.552. The summed E-state index contributed by atoms with van der Waals surface area (Å²) in [6.45, 7) is 0. The van der Waals surface area contributed by atoms with Gasteiger partial charge >= 0.3 is 0 Å². The molecule has 1 N–H and O–H groups in total. The van der Waals surface area contributed by atoms with E-state index in [9.17, 15) is 0 Å². The van der Waals surface area contributed by atoms with Gasteiger partial charge in [-0.15, -0.1) is 0 Å². The highest BCUT2D eigenvalue weighted by Crippen LogP contribution is 2.11. The zero-order valence-electron chi connectivity index (χ0n) is 5.08. The summed E-state index contributed by atoms with van der Waals surface area (Å²) >= 11 is 5.68. The third kappa shape index (κ3) is 1.48. The van der Waals surface area contributed by atoms with Crippen LogP contribution in [0, 0.1) is 6.07 Å². The fraction of sp³-hybridized carbons (Fsp3) is 0. The minimum atomic E-state index is 0.552. The second-order valence-electron chi connectivity index (χ2n) is 1.69. The monoisotopic (exact) mass is 154 g/mol. The van der Waals surface area contributed by atoms with Gasteiger partial charge in [-0.3, -0.25) is 0 Å². The molecular formula is C7H5ClNO. The SMILES string of the molecule is O/N=C\c1c[c]ccc1Cl. The standard InChI is InChI=1S/C7H5ClNO/c8-7-4-2-1-3-6(7)5-9-10/h2-5,10H/b9-5-. The molecule has 0 atom stereocenters. The summed E-state index contributed by atoms with van der Waals surface area (Å²) in [5.41, 5.74) is 0.659. The summed E-state index contributed by atoms with van der Waals surface area (Å²) in [6.07, 6.45) is 1.26. The number of benzene rings is 1. The Morgan fingerprint density at radius 2 is 2.50 bits per heavy atom. The summed E-state index contributed by atoms with van der Waals surface area (Å²) in [7, 11) is 0. The fourth-order valence-electron chi connectivity index (χ4n) is 0.585. The van der Waals surface area contributed by atoms with Crippen molar-refractivity contribution in [2.45, 2.75) is 0 Å². The summed E-state index contributed by atoms with van der Waals surface area (Å²) in [5, 5.41) is 11.5. The van der Waals surface area contributed by atoms with E-state index < -0.39 is 0 Å². The number of oxime groups is 1. The zero-order valence-corrected chi connectivity index (χ0v) is 5.84. The molecule has 0 heterocycles. The molecule has 10 heavy (non-hydrogen) atoms. The largest absolute Gasteiger partial charge is 0.411 e. The Morgan fingerprint density at radius 1 is 1.70 bits per heavy atom. The first-order valence-corrected chi connectivity index (χ1v) is 3.05. The van der Waals surface area contributed by atoms with Gasteiger partial charge in [0.05, 0.1) is 6.21 Å². The van der Waals surface area contributed by atoms with E-state index in [0.29, 0.717) is 10.6 Å². The average molecular weight is 155 g/mol. The van der Waals surface area contributed by atoms with Crippen molar-refractivity contribution in [3.8, 4) is 0 Å². The molecule has 0 bridgehead atoms. The van der Waals surface area contributed by atoms with Crippen LogP contribution < -0.4 is 0 Å². The van der Waals surface area contributed by atoms with Gasteiger partial charge in [-0.25, -0.2) is 0 Å². The van der Waals surface area contributed by atoms with Crippen LogP contribution in [0.2, 0.25) is 5.02 Å². The Kier molecular flexibility index (Phi) is 2.29. The van der Waals surface area contributed by atoms with Crippen molar-refractivity contribution < 1.29 is 5.21 Å². The van der Waals surface area contributed by atoms with Crippen molar-refractivity contribution in [1.82, 2.24) is 0 Å². The van der Waals surface area contributed by atoms with Crippen LogP contribution in [0.4, 0.5) is 0 Å². The maximum Gasteiger partial charge on any atom is 0.0749 e. The lowest BCUT2D eigenvalue weighted by Gasteiger charge is -1.91. The predicted octanol–water partition coefficient (Wildman–Crippen LogP) is 1.95. The van der Waals surface area contributed by atoms with Gasteiger partial charge in [-0.05, 0) is 18.2 Å². The molecule has 1 aromatic carbocycles. The quantitative estimate of drug-likeness (QED) is 0.374. The van der Waals surface area contributed by atoms with Crippen LogP contribution in [0.3, 0.4) is 0 Å². The smallest absolute Gasteiger partial charge is 0.0749 e. The molecule has 0 unspecified atom stereocenters. The highest BCUT2D eigenvalue weighted by atomic mass is 35.5. The van der Waals surface area contributed by atoms with Gasteiger partial charge in [-0.1, -0.05) is 22.8 Å². The lowest BCUT2D eigenvalue weighted by molar-refractivity contribution is 0.322. The summed E-state index contributed by atoms with van der Waals surface area (Å²) in [4.78, 5) is 0. The molecule has 0 aliphatic carbocycles. The topological polar surface area (TPSA) is 32.6 Å². The summed E-state index contributed by atoms with van der Waals surface area (Å²) in [5.74, 6) is 0. The minimum Gasteiger partial charge on any atom is -0.411 e. The fourth-order valence-corrected chi connectivity index (χ4v) is 0.752. The van der Waals surface area contributed by atoms with Gasteiger partial charge in [0.1, 0.15) is 0 Å². The van der Waals surface area contributed by atoms with Crippen LogP contribution in [0.5, 0.6) is 0 Å². The maximum absolute atomic E-state index is 8.14. The first kappa shape index (κ1) is 7.09. The molecule has 0 aromatic heterocycles. The van der Waals surface area contributed by atoms with Crippen molar-refractivity contribution in [2.24, 2.45) is 5.16 Å². The van der Waals surface area contributed by atoms with Crippen molar-refractivity contribution in [1.29, 1.82) is 0 Å². The Hall–Kier alpha value is -1.02. The molecule has 0 amide bonds. The number of halogens is 1. The predicted molar refractivity (Wildman–Crippen MR) is 39.7 cm³/mol. The van der Waals surface area contributed by atoms with Crippen LogP contribution in [0.15, 0.2) is 23.4 Å². The molecule has 1 aromatic rings. The molecule has 0 fully saturated rings. The molecule has 51 valence electrons. The molecule has 1 radical (unpaired) electrons. The van der Waals surface area contributed by atoms with Gasteiger partial charge in [0.2, 0.25) is 0 Å². The van der Waals surface area contributed by atoms with E-state index in [1.54, 1.807) is 18.2 Å². The van der Waals surface area contributed by atoms with E-state index in [-0.39, 0.29) is 0 Å². The Labute approximate surface area is 63.7 Å². The molecule has 0 saturated carbocycles. The van der Waals surface area contributed by atoms with Crippen molar-refractivity contribution >= 4 is 17.8 Å². The first-order chi connectivity index (χ1) is 4.84. The van der Waals surface area contributed by atoms with Crippen molar-refractivity contribution in [3.05, 3.63) is 34.9 Å². The Bertz CT molecular complexity index is 247. The molecule has 3 heteroatoms. The second-order valence-corrected chi connectivity index (χ2v) is 2.10. The molecule has 2 nitrogen and oxygen atoms in total. The van der Waals surface area contributed by atoms with E-state index in [4.69, 9.17) is 16.8 Å². The van der Waals surface area contributed by atoms with Gasteiger partial charge in [-0.2, -0.15) is 0 Å². The van der Waals surface area contributed by atoms with Gasteiger partial charge in [0, 0.05) is 10.6 Å². The zero-order chi connectivity index (χ0) is 7.40. The highest BCUT2D eigenvalue weighted by Gasteiger charge is 1.92. The van der Waals surface area contributed by atoms with E-state index in [0.717, 1.165) is 0 Å². The molecule has 0 saturated heterocycles. The summed E-state index contributed by atoms with van der Waals surface area (Å²) < 4.78 is 0. The molecule has 0 spiro atoms. The van der Waals surface area contributed by atoms with Gasteiger partial charge < -0.3 is 5.21 Å². The molecule has 0 aliphatic heterocycles. The maximum atomic E-state index is 8.14. The van der Waals surface area contributed by atoms with E-state index >= 15 is 0 Å². The number of hydrogen-bond donors (Lipinski definition) is 1. The van der Waals surface area contributed by atoms with Crippen LogP contribution in [0.25, 0.3) is 0 Å². The van der Waals surface area contributed by atoms with Crippen LogP contribution in [0.1, 0.15) is 5.56 Å². The molecule has 0 aliphatic rings. The third-order valence-electron chi connectivity index (χ3n) is 1.04. The average Bonchev–Trinajstić information content (AvgIpc) is 1.94. The third-order valence-corrected chi connectivity index (χ3v) is 1.38. The van der Waals surface area contributed by atoms with Gasteiger partial charge in [0.25, 0.3) is 0 Å². The Balaban J connectivity index is 3.03. The van der Waals surface area contributed by atoms with E-state index in [1.165, 1.54) is 6.21 Å². The lowest BCUT2D eigenvalue weighted by atomic mass is 10.2. The molecule has 1 rings (SSSR count). The first-order valence-electron chi connectivity index (χ1n) is 2.67. The normalized spacial score (nSPS) is 10.5. The summed E-state index contributed by atoms with van der Waals surface area (Å²) in [6, 6.07) is 7.81. The number of hydrogen-bond acceptors (Lipinski definition) is 2. The van der Waals surface area contributed by atoms with Crippen molar-refractivity contribution in [2.75, 3.05) is 0 Å². The number of nitrogens with zero attached hydrogens (tertiary/aromatic N) is 1. The van der Waals surface area contributed by atoms with E-state index in [2.05, 4.69) is 11.2 Å². The lowest BCUT2D eigenvalue weighted by Crippen LogP contribution is -1.80. The van der Waals surface area contributed by atoms with Crippen molar-refractivity contribution in [3.63, 3.8) is 0 Å². The van der Waals surface area contributed by atoms with Crippen LogP contribution in [-0.2, 0) is 0 Å². The highest BCUT2D eigenvalue weighted by molar-refractivity contribution is 6.33. The number of rotatable bonds is 1. The van der Waals surface area contributed by atoms with Crippen LogP contribution in [-0.4, -0.2) is 11.4 Å². The van der Waals surface area contributed by atoms with E-state index in [1.807, 2.05) is 0 Å². The van der Waals surface area contributed by atoms with Crippen LogP contribution >= 0.6 is 11.6 Å². The Morgan fingerprint density at radius 3 is 3.10 bits per heavy atom.